The van der Waals surface area contributed by atoms with Crippen LogP contribution in [0.25, 0.3) is 85.4 Å². The normalized spacial score (nSPS) is 11.7. The number of anilines is 4. The Kier molecular flexibility index (Phi) is 11.3. The number of benzene rings is 4. The molecule has 8 nitrogen and oxygen atoms in total. The molecule has 3 aromatic heterocycles. The molecule has 0 spiro atoms. The Morgan fingerprint density at radius 3 is 1.28 bits per heavy atom. The minimum atomic E-state index is 0. The molecule has 0 atom stereocenters. The molecule has 0 unspecified atom stereocenters. The van der Waals surface area contributed by atoms with E-state index in [1.165, 1.54) is 0 Å². The fraction of sp³-hybridized carbons (Fsp3) is 0.154. The van der Waals surface area contributed by atoms with Crippen LogP contribution in [0, 0.1) is 0 Å². The fourth-order valence-electron chi connectivity index (χ4n) is 8.10. The van der Waals surface area contributed by atoms with Gasteiger partial charge < -0.3 is 29.2 Å². The van der Waals surface area contributed by atoms with Crippen LogP contribution in [0.15, 0.2) is 127 Å². The second-order valence-electron chi connectivity index (χ2n) is 16.3. The first-order valence-electron chi connectivity index (χ1n) is 20.3. The van der Waals surface area contributed by atoms with E-state index in [2.05, 4.69) is 237 Å². The fourth-order valence-corrected chi connectivity index (χ4v) is 8.10. The smallest absolute Gasteiger partial charge is 0.0737 e. The molecule has 8 bridgehead atoms. The molecule has 5 heterocycles. The zero-order chi connectivity index (χ0) is 41.7. The molecule has 0 aliphatic carbocycles. The molecule has 0 saturated heterocycles. The van der Waals surface area contributed by atoms with Gasteiger partial charge in [0, 0.05) is 132 Å². The number of nitrogens with one attached hydrogen (secondary N) is 1. The quantitative estimate of drug-likeness (QED) is 0.154. The first kappa shape index (κ1) is 41.1. The molecule has 7 aromatic rings. The molecule has 0 saturated carbocycles. The maximum atomic E-state index is 5.42. The van der Waals surface area contributed by atoms with E-state index in [0.29, 0.717) is 0 Å². The number of hydrogen-bond acceptors (Lipinski definition) is 6. The van der Waals surface area contributed by atoms with Gasteiger partial charge in [0.25, 0.3) is 0 Å². The Balaban J connectivity index is 0.00000514. The van der Waals surface area contributed by atoms with Crippen LogP contribution in [0.2, 0.25) is 0 Å². The van der Waals surface area contributed by atoms with Crippen LogP contribution in [0.5, 0.6) is 0 Å². The molecule has 1 N–H and O–H groups in total. The second-order valence-corrected chi connectivity index (χ2v) is 16.3. The minimum Gasteiger partial charge on any atom is -0.378 e. The summed E-state index contributed by atoms with van der Waals surface area (Å²) >= 11 is 0. The van der Waals surface area contributed by atoms with Crippen LogP contribution in [0.4, 0.5) is 22.7 Å². The Labute approximate surface area is 371 Å². The Morgan fingerprint density at radius 2 is 0.803 bits per heavy atom. The predicted molar refractivity (Wildman–Crippen MR) is 257 cm³/mol. The van der Waals surface area contributed by atoms with Gasteiger partial charge >= 0.3 is 0 Å². The van der Waals surface area contributed by atoms with Crippen molar-refractivity contribution in [1.82, 2.24) is 19.5 Å². The van der Waals surface area contributed by atoms with E-state index in [9.17, 15) is 0 Å². The van der Waals surface area contributed by atoms with E-state index in [1.54, 1.807) is 0 Å². The molecule has 9 rings (SSSR count). The Hall–Kier alpha value is -6.70. The molecule has 2 aliphatic rings. The number of H-pyrrole nitrogens is 1. The van der Waals surface area contributed by atoms with Gasteiger partial charge in [-0.2, -0.15) is 0 Å². The van der Waals surface area contributed by atoms with Crippen molar-refractivity contribution in [2.75, 3.05) is 76.0 Å². The third kappa shape index (κ3) is 8.02. The number of fused-ring (bicyclic) bond motifs is 8. The zero-order valence-electron chi connectivity index (χ0n) is 36.3. The largest absolute Gasteiger partial charge is 0.378 e. The van der Waals surface area contributed by atoms with Crippen molar-refractivity contribution in [3.63, 3.8) is 0 Å². The van der Waals surface area contributed by atoms with Gasteiger partial charge in [0.15, 0.2) is 0 Å². The van der Waals surface area contributed by atoms with Crippen molar-refractivity contribution in [3.8, 4) is 39.1 Å². The maximum absolute atomic E-state index is 5.42. The van der Waals surface area contributed by atoms with Crippen molar-refractivity contribution in [2.24, 2.45) is 0 Å². The van der Waals surface area contributed by atoms with Crippen LogP contribution < -0.4 is 19.6 Å². The van der Waals surface area contributed by atoms with Crippen LogP contribution in [-0.4, -0.2) is 75.9 Å². The molecular weight excluding hydrogens is 802 g/mol. The molecule has 0 radical (unpaired) electrons. The van der Waals surface area contributed by atoms with Crippen molar-refractivity contribution in [1.29, 1.82) is 0 Å². The zero-order valence-corrected chi connectivity index (χ0v) is 39.2. The molecule has 300 valence electrons. The van der Waals surface area contributed by atoms with Gasteiger partial charge in [-0.05, 0) is 132 Å². The van der Waals surface area contributed by atoms with Crippen molar-refractivity contribution in [2.45, 2.75) is 0 Å². The monoisotopic (exact) mass is 850 g/mol. The van der Waals surface area contributed by atoms with Crippen LogP contribution in [-0.2, 0) is 19.5 Å². The average molecular weight is 852 g/mol. The van der Waals surface area contributed by atoms with Gasteiger partial charge in [0.05, 0.1) is 33.8 Å². The molecule has 0 fully saturated rings. The second kappa shape index (κ2) is 16.8. The van der Waals surface area contributed by atoms with Gasteiger partial charge in [0.1, 0.15) is 0 Å². The number of nitrogens with zero attached hydrogens (tertiary/aromatic N) is 7. The van der Waals surface area contributed by atoms with Gasteiger partial charge in [0.2, 0.25) is 0 Å². The molecule has 0 amide bonds. The van der Waals surface area contributed by atoms with E-state index < -0.39 is 0 Å². The van der Waals surface area contributed by atoms with Crippen LogP contribution in [0.1, 0.15) is 22.8 Å². The maximum Gasteiger partial charge on any atom is 0.0737 e. The third-order valence-corrected chi connectivity index (χ3v) is 11.3. The standard InChI is InChI=1S/C52H50N8.Zn/c1-56(2)42-20-9-34(10-21-42)49-47-30-19-40(55-47)32-39-16-15-37(53-39)31-38-17-18-41(54-38)33-48-50(35-11-22-43(23-12-35)57(3)4)51(36-13-24-44(25-14-36)58(5)6)52(49)60(48)46-28-26-45(27-29-46)59(7)8;/h9-33,53H,1-8H3;. The summed E-state index contributed by atoms with van der Waals surface area (Å²) in [5.74, 6) is 0. The minimum absolute atomic E-state index is 0. The first-order valence-corrected chi connectivity index (χ1v) is 20.3. The van der Waals surface area contributed by atoms with Crippen LogP contribution >= 0.6 is 0 Å². The molecule has 2 aliphatic heterocycles. The number of hydrogen-bond donors (Lipinski definition) is 1. The number of aromatic amines is 1. The van der Waals surface area contributed by atoms with Gasteiger partial charge in [-0.3, -0.25) is 0 Å². The summed E-state index contributed by atoms with van der Waals surface area (Å²) < 4.78 is 2.44. The summed E-state index contributed by atoms with van der Waals surface area (Å²) in [4.78, 5) is 22.7. The van der Waals surface area contributed by atoms with Crippen molar-refractivity contribution in [3.05, 3.63) is 150 Å². The van der Waals surface area contributed by atoms with E-state index in [0.717, 1.165) is 107 Å². The van der Waals surface area contributed by atoms with Gasteiger partial charge in [-0.1, -0.05) is 36.4 Å². The number of aromatic nitrogens is 4. The average Bonchev–Trinajstić information content (AvgIpc) is 4.06. The van der Waals surface area contributed by atoms with Gasteiger partial charge in [-0.25, -0.2) is 9.97 Å². The summed E-state index contributed by atoms with van der Waals surface area (Å²) in [7, 11) is 16.7. The van der Waals surface area contributed by atoms with E-state index in [4.69, 9.17) is 9.97 Å². The van der Waals surface area contributed by atoms with Crippen molar-refractivity contribution < 1.29 is 19.5 Å². The summed E-state index contributed by atoms with van der Waals surface area (Å²) in [6.45, 7) is 0. The number of rotatable bonds is 8. The first-order chi connectivity index (χ1) is 29.0. The van der Waals surface area contributed by atoms with Gasteiger partial charge in [-0.15, -0.1) is 0 Å². The molecule has 4 aromatic carbocycles. The van der Waals surface area contributed by atoms with Crippen molar-refractivity contribution >= 4 is 69.1 Å². The third-order valence-electron chi connectivity index (χ3n) is 11.3. The predicted octanol–water partition coefficient (Wildman–Crippen LogP) is 11.4. The Morgan fingerprint density at radius 1 is 0.410 bits per heavy atom. The molecule has 61 heavy (non-hydrogen) atoms. The van der Waals surface area contributed by atoms with Crippen LogP contribution in [0.3, 0.4) is 0 Å². The summed E-state index contributed by atoms with van der Waals surface area (Å²) in [6.07, 6.45) is 8.50. The summed E-state index contributed by atoms with van der Waals surface area (Å²) in [6, 6.07) is 46.2. The van der Waals surface area contributed by atoms with E-state index in [-0.39, 0.29) is 19.5 Å². The molecular formula is C52H50N8Zn. The summed E-state index contributed by atoms with van der Waals surface area (Å²) in [5, 5.41) is 0. The topological polar surface area (TPSA) is 59.5 Å². The van der Waals surface area contributed by atoms with E-state index >= 15 is 0 Å². The summed E-state index contributed by atoms with van der Waals surface area (Å²) in [5.41, 5.74) is 19.6. The van der Waals surface area contributed by atoms with E-state index in [1.807, 2.05) is 0 Å². The molecule has 9 heteroatoms. The SMILES string of the molecule is CN(C)c1ccc(-c2c(-c3ccc(N(C)C)cc3)c3c(-c4ccc(N(C)C)cc4)c4nc(cc5ccc(cc6nc(cc2n3-c2ccc(N(C)C)cc2)C=C6)[nH]5)C=C4)cc1.[Zn]. The Bertz CT molecular complexity index is 2950.